The zero-order valence-corrected chi connectivity index (χ0v) is 8.05. The lowest BCUT2D eigenvalue weighted by Crippen LogP contribution is -2.18. The van der Waals surface area contributed by atoms with Crippen molar-refractivity contribution in [3.63, 3.8) is 0 Å². The van der Waals surface area contributed by atoms with E-state index in [0.29, 0.717) is 10.9 Å². The normalized spacial score (nSPS) is 13.4. The molecule has 0 aliphatic rings. The Labute approximate surface area is 77.8 Å². The van der Waals surface area contributed by atoms with Crippen LogP contribution < -0.4 is 5.73 Å². The molecule has 1 aromatic heterocycles. The van der Waals surface area contributed by atoms with Crippen LogP contribution in [-0.2, 0) is 0 Å². The van der Waals surface area contributed by atoms with E-state index in [2.05, 4.69) is 18.8 Å². The second-order valence-electron chi connectivity index (χ2n) is 3.14. The number of rotatable bonds is 2. The van der Waals surface area contributed by atoms with Gasteiger partial charge in [0.25, 0.3) is 0 Å². The maximum atomic E-state index is 5.92. The minimum Gasteiger partial charge on any atom is -0.322 e. The summed E-state index contributed by atoms with van der Waals surface area (Å²) in [6.45, 7) is 4.10. The monoisotopic (exact) mass is 184 g/mol. The third-order valence-corrected chi connectivity index (χ3v) is 2.14. The summed E-state index contributed by atoms with van der Waals surface area (Å²) in [7, 11) is 0. The number of halogens is 1. The van der Waals surface area contributed by atoms with Crippen molar-refractivity contribution in [1.29, 1.82) is 0 Å². The molecule has 0 aliphatic carbocycles. The molecule has 0 aliphatic heterocycles. The largest absolute Gasteiger partial charge is 0.322 e. The molecule has 3 heteroatoms. The van der Waals surface area contributed by atoms with Gasteiger partial charge in [0.1, 0.15) is 0 Å². The van der Waals surface area contributed by atoms with Crippen molar-refractivity contribution in [2.45, 2.75) is 19.9 Å². The van der Waals surface area contributed by atoms with Crippen LogP contribution >= 0.6 is 11.6 Å². The summed E-state index contributed by atoms with van der Waals surface area (Å²) in [5.74, 6) is 0.359. The Bertz CT molecular complexity index is 260. The van der Waals surface area contributed by atoms with Crippen molar-refractivity contribution in [1.82, 2.24) is 4.98 Å². The fourth-order valence-corrected chi connectivity index (χ4v) is 1.21. The molecule has 0 amide bonds. The first-order valence-electron chi connectivity index (χ1n) is 3.99. The van der Waals surface area contributed by atoms with Crippen LogP contribution in [0.1, 0.15) is 25.6 Å². The molecule has 0 bridgehead atoms. The highest BCUT2D eigenvalue weighted by atomic mass is 35.5. The molecule has 0 unspecified atom stereocenters. The molecule has 0 saturated carbocycles. The third-order valence-electron chi connectivity index (χ3n) is 1.82. The molecule has 0 saturated heterocycles. The topological polar surface area (TPSA) is 38.9 Å². The average molecular weight is 185 g/mol. The van der Waals surface area contributed by atoms with Gasteiger partial charge in [-0.2, -0.15) is 0 Å². The number of pyridine rings is 1. The maximum absolute atomic E-state index is 5.92. The van der Waals surface area contributed by atoms with Crippen LogP contribution in [0.4, 0.5) is 0 Å². The molecular formula is C9H13ClN2. The van der Waals surface area contributed by atoms with Crippen molar-refractivity contribution in [3.05, 3.63) is 29.0 Å². The van der Waals surface area contributed by atoms with E-state index in [-0.39, 0.29) is 6.04 Å². The van der Waals surface area contributed by atoms with E-state index in [4.69, 9.17) is 17.3 Å². The second-order valence-corrected chi connectivity index (χ2v) is 3.55. The Morgan fingerprint density at radius 3 is 2.67 bits per heavy atom. The highest BCUT2D eigenvalue weighted by Gasteiger charge is 2.14. The predicted molar refractivity (Wildman–Crippen MR) is 51.0 cm³/mol. The lowest BCUT2D eigenvalue weighted by atomic mass is 10.0. The molecule has 0 spiro atoms. The van der Waals surface area contributed by atoms with E-state index in [0.717, 1.165) is 5.69 Å². The van der Waals surface area contributed by atoms with E-state index < -0.39 is 0 Å². The summed E-state index contributed by atoms with van der Waals surface area (Å²) in [4.78, 5) is 4.14. The van der Waals surface area contributed by atoms with Crippen LogP contribution in [0.25, 0.3) is 0 Å². The van der Waals surface area contributed by atoms with Crippen molar-refractivity contribution < 1.29 is 0 Å². The summed E-state index contributed by atoms with van der Waals surface area (Å²) in [5.41, 5.74) is 6.68. The van der Waals surface area contributed by atoms with Crippen molar-refractivity contribution >= 4 is 11.6 Å². The van der Waals surface area contributed by atoms with Gasteiger partial charge in [0.15, 0.2) is 0 Å². The fraction of sp³-hybridized carbons (Fsp3) is 0.444. The van der Waals surface area contributed by atoms with Crippen LogP contribution in [0.2, 0.25) is 5.02 Å². The van der Waals surface area contributed by atoms with E-state index in [1.54, 1.807) is 12.3 Å². The minimum absolute atomic E-state index is 0.0706. The van der Waals surface area contributed by atoms with Crippen molar-refractivity contribution in [2.75, 3.05) is 0 Å². The predicted octanol–water partition coefficient (Wildman–Crippen LogP) is 2.39. The van der Waals surface area contributed by atoms with Gasteiger partial charge in [-0.15, -0.1) is 0 Å². The Hall–Kier alpha value is -0.600. The van der Waals surface area contributed by atoms with Gasteiger partial charge in [-0.1, -0.05) is 25.4 Å². The number of hydrogen-bond donors (Lipinski definition) is 1. The molecule has 2 nitrogen and oxygen atoms in total. The molecule has 1 atom stereocenters. The van der Waals surface area contributed by atoms with Crippen molar-refractivity contribution in [3.8, 4) is 0 Å². The number of nitrogens with two attached hydrogens (primary N) is 1. The number of aromatic nitrogens is 1. The molecule has 1 aromatic rings. The van der Waals surface area contributed by atoms with Crippen molar-refractivity contribution in [2.24, 2.45) is 11.7 Å². The Morgan fingerprint density at radius 1 is 1.50 bits per heavy atom. The first-order valence-corrected chi connectivity index (χ1v) is 4.36. The lowest BCUT2D eigenvalue weighted by molar-refractivity contribution is 0.503. The maximum Gasteiger partial charge on any atom is 0.0759 e. The smallest absolute Gasteiger partial charge is 0.0759 e. The average Bonchev–Trinajstić information content (AvgIpc) is 2.04. The Balaban J connectivity index is 2.94. The zero-order valence-electron chi connectivity index (χ0n) is 7.29. The molecule has 2 N–H and O–H groups in total. The summed E-state index contributed by atoms with van der Waals surface area (Å²) in [5, 5.41) is 0.652. The standard InChI is InChI=1S/C9H13ClN2/c1-6(2)8(11)9-7(10)4-3-5-12-9/h3-6,8H,11H2,1-2H3/t8-/m0/s1. The number of nitrogens with zero attached hydrogens (tertiary/aromatic N) is 1. The van der Waals surface area contributed by atoms with Crippen LogP contribution in [0.3, 0.4) is 0 Å². The molecule has 66 valence electrons. The van der Waals surface area contributed by atoms with Gasteiger partial charge < -0.3 is 5.73 Å². The van der Waals surface area contributed by atoms with Gasteiger partial charge in [-0.05, 0) is 18.1 Å². The molecule has 0 radical (unpaired) electrons. The number of hydrogen-bond acceptors (Lipinski definition) is 2. The lowest BCUT2D eigenvalue weighted by Gasteiger charge is -2.15. The molecule has 1 heterocycles. The molecular weight excluding hydrogens is 172 g/mol. The van der Waals surface area contributed by atoms with Crippen LogP contribution in [0, 0.1) is 5.92 Å². The van der Waals surface area contributed by atoms with Crippen LogP contribution in [0.5, 0.6) is 0 Å². The van der Waals surface area contributed by atoms with Gasteiger partial charge in [0.2, 0.25) is 0 Å². The summed E-state index contributed by atoms with van der Waals surface area (Å²) < 4.78 is 0. The van der Waals surface area contributed by atoms with Crippen LogP contribution in [-0.4, -0.2) is 4.98 Å². The third kappa shape index (κ3) is 1.96. The molecule has 1 rings (SSSR count). The summed E-state index contributed by atoms with van der Waals surface area (Å²) >= 11 is 5.92. The Kier molecular flexibility index (Phi) is 3.06. The first-order chi connectivity index (χ1) is 5.63. The second kappa shape index (κ2) is 3.87. The minimum atomic E-state index is -0.0706. The van der Waals surface area contributed by atoms with E-state index >= 15 is 0 Å². The van der Waals surface area contributed by atoms with Gasteiger partial charge in [-0.25, -0.2) is 0 Å². The molecule has 0 aromatic carbocycles. The van der Waals surface area contributed by atoms with Gasteiger partial charge in [-0.3, -0.25) is 4.98 Å². The zero-order chi connectivity index (χ0) is 9.14. The fourth-order valence-electron chi connectivity index (χ4n) is 0.959. The quantitative estimate of drug-likeness (QED) is 0.767. The summed E-state index contributed by atoms with van der Waals surface area (Å²) in [6, 6.07) is 3.55. The van der Waals surface area contributed by atoms with Crippen LogP contribution in [0.15, 0.2) is 18.3 Å². The SMILES string of the molecule is CC(C)[C@H](N)c1ncccc1Cl. The van der Waals surface area contributed by atoms with Gasteiger partial charge in [0, 0.05) is 6.20 Å². The summed E-state index contributed by atoms with van der Waals surface area (Å²) in [6.07, 6.45) is 1.71. The van der Waals surface area contributed by atoms with Gasteiger partial charge in [0.05, 0.1) is 16.8 Å². The van der Waals surface area contributed by atoms with E-state index in [1.165, 1.54) is 0 Å². The van der Waals surface area contributed by atoms with E-state index in [9.17, 15) is 0 Å². The molecule has 0 fully saturated rings. The highest BCUT2D eigenvalue weighted by molar-refractivity contribution is 6.31. The molecule has 12 heavy (non-hydrogen) atoms. The highest BCUT2D eigenvalue weighted by Crippen LogP contribution is 2.23. The first kappa shape index (κ1) is 9.49. The van der Waals surface area contributed by atoms with E-state index in [1.807, 2.05) is 6.07 Å². The van der Waals surface area contributed by atoms with Gasteiger partial charge >= 0.3 is 0 Å². The Morgan fingerprint density at radius 2 is 2.17 bits per heavy atom.